The summed E-state index contributed by atoms with van der Waals surface area (Å²) in [6.07, 6.45) is 4.39. The Morgan fingerprint density at radius 3 is 2.38 bits per heavy atom. The minimum atomic E-state index is -0.870. The first-order valence-corrected chi connectivity index (χ1v) is 10.0. The van der Waals surface area contributed by atoms with Gasteiger partial charge in [0.15, 0.2) is 11.6 Å². The molecule has 4 aromatic rings. The number of oxazole rings is 1. The summed E-state index contributed by atoms with van der Waals surface area (Å²) in [4.78, 5) is 25.1. The fraction of sp³-hybridized carbons (Fsp3) is 0.217. The molecule has 162 valence electrons. The summed E-state index contributed by atoms with van der Waals surface area (Å²) in [5.41, 5.74) is 0.373. The summed E-state index contributed by atoms with van der Waals surface area (Å²) in [7, 11) is 0. The van der Waals surface area contributed by atoms with Crippen molar-refractivity contribution in [1.29, 1.82) is 0 Å². The van der Waals surface area contributed by atoms with Gasteiger partial charge in [-0.2, -0.15) is 9.97 Å². The second kappa shape index (κ2) is 7.44. The Morgan fingerprint density at radius 1 is 1.03 bits per heavy atom. The second-order valence-electron chi connectivity index (χ2n) is 7.87. The zero-order valence-corrected chi connectivity index (χ0v) is 17.2. The molecule has 5 rings (SSSR count). The minimum Gasteiger partial charge on any atom is -0.432 e. The van der Waals surface area contributed by atoms with E-state index < -0.39 is 28.7 Å². The third kappa shape index (κ3) is 3.49. The standard InChI is InChI=1S/C23H17F3N4O2/c1-11-7-14(24)19(15(25)8-11)20-21(30-6-5-17(13-3-4-13)28-23(30)31)29-22(32-20)18-9-12(2)16(26)10-27-18/h5-10,13H,3-4H2,1-2H3. The molecular formula is C23H17F3N4O2. The van der Waals surface area contributed by atoms with Crippen molar-refractivity contribution in [2.75, 3.05) is 0 Å². The summed E-state index contributed by atoms with van der Waals surface area (Å²) in [6.45, 7) is 3.09. The van der Waals surface area contributed by atoms with Gasteiger partial charge in [0.25, 0.3) is 0 Å². The molecule has 1 aliphatic carbocycles. The number of aryl methyl sites for hydroxylation is 2. The smallest absolute Gasteiger partial charge is 0.353 e. The maximum Gasteiger partial charge on any atom is 0.353 e. The lowest BCUT2D eigenvalue weighted by Crippen LogP contribution is -2.22. The van der Waals surface area contributed by atoms with Crippen molar-refractivity contribution in [1.82, 2.24) is 19.5 Å². The first-order chi connectivity index (χ1) is 15.3. The minimum absolute atomic E-state index is 0.115. The number of benzene rings is 1. The van der Waals surface area contributed by atoms with Gasteiger partial charge in [-0.05, 0) is 62.1 Å². The van der Waals surface area contributed by atoms with E-state index in [4.69, 9.17) is 4.42 Å². The fourth-order valence-electron chi connectivity index (χ4n) is 3.50. The summed E-state index contributed by atoms with van der Waals surface area (Å²) in [6, 6.07) is 5.39. The molecule has 0 radical (unpaired) electrons. The van der Waals surface area contributed by atoms with Gasteiger partial charge in [-0.1, -0.05) is 0 Å². The average molecular weight is 438 g/mol. The summed E-state index contributed by atoms with van der Waals surface area (Å²) < 4.78 is 50.1. The van der Waals surface area contributed by atoms with Gasteiger partial charge in [-0.25, -0.2) is 27.5 Å². The number of hydrogen-bond donors (Lipinski definition) is 0. The van der Waals surface area contributed by atoms with Crippen LogP contribution in [0.3, 0.4) is 0 Å². The van der Waals surface area contributed by atoms with E-state index >= 15 is 0 Å². The van der Waals surface area contributed by atoms with Crippen LogP contribution in [0.2, 0.25) is 0 Å². The quantitative estimate of drug-likeness (QED) is 0.455. The lowest BCUT2D eigenvalue weighted by atomic mass is 10.1. The van der Waals surface area contributed by atoms with Crippen molar-refractivity contribution < 1.29 is 17.6 Å². The van der Waals surface area contributed by atoms with Crippen molar-refractivity contribution in [3.8, 4) is 28.7 Å². The fourth-order valence-corrected chi connectivity index (χ4v) is 3.50. The van der Waals surface area contributed by atoms with E-state index in [0.717, 1.165) is 35.7 Å². The summed E-state index contributed by atoms with van der Waals surface area (Å²) in [5.74, 6) is -2.55. The molecule has 6 nitrogen and oxygen atoms in total. The van der Waals surface area contributed by atoms with E-state index in [-0.39, 0.29) is 34.6 Å². The van der Waals surface area contributed by atoms with Crippen LogP contribution < -0.4 is 5.69 Å². The molecule has 0 saturated heterocycles. The highest BCUT2D eigenvalue weighted by Crippen LogP contribution is 2.39. The Hall–Kier alpha value is -3.75. The van der Waals surface area contributed by atoms with Gasteiger partial charge >= 0.3 is 5.69 Å². The van der Waals surface area contributed by atoms with Gasteiger partial charge in [-0.15, -0.1) is 0 Å². The first kappa shape index (κ1) is 20.2. The highest BCUT2D eigenvalue weighted by molar-refractivity contribution is 5.69. The first-order valence-electron chi connectivity index (χ1n) is 10.0. The number of hydrogen-bond acceptors (Lipinski definition) is 5. The van der Waals surface area contributed by atoms with Gasteiger partial charge in [0, 0.05) is 12.1 Å². The van der Waals surface area contributed by atoms with E-state index in [1.165, 1.54) is 19.2 Å². The van der Waals surface area contributed by atoms with Crippen molar-refractivity contribution in [2.45, 2.75) is 32.6 Å². The summed E-state index contributed by atoms with van der Waals surface area (Å²) >= 11 is 0. The van der Waals surface area contributed by atoms with Gasteiger partial charge < -0.3 is 4.42 Å². The van der Waals surface area contributed by atoms with Crippen LogP contribution >= 0.6 is 0 Å². The average Bonchev–Trinajstić information content (AvgIpc) is 3.50. The Bertz CT molecular complexity index is 1400. The van der Waals surface area contributed by atoms with Crippen LogP contribution in [0.15, 0.2) is 45.9 Å². The molecule has 0 aliphatic heterocycles. The highest BCUT2D eigenvalue weighted by atomic mass is 19.1. The molecule has 0 bridgehead atoms. The summed E-state index contributed by atoms with van der Waals surface area (Å²) in [5, 5.41) is 0. The van der Waals surface area contributed by atoms with Crippen LogP contribution in [-0.2, 0) is 0 Å². The number of pyridine rings is 1. The second-order valence-corrected chi connectivity index (χ2v) is 7.87. The molecule has 3 aromatic heterocycles. The Kier molecular flexibility index (Phi) is 4.69. The third-order valence-electron chi connectivity index (χ3n) is 5.34. The molecule has 1 aliphatic rings. The van der Waals surface area contributed by atoms with Crippen LogP contribution in [0.1, 0.15) is 35.6 Å². The lowest BCUT2D eigenvalue weighted by molar-refractivity contribution is 0.549. The van der Waals surface area contributed by atoms with Gasteiger partial charge in [0.1, 0.15) is 23.1 Å². The Balaban J connectivity index is 1.74. The highest BCUT2D eigenvalue weighted by Gasteiger charge is 2.28. The van der Waals surface area contributed by atoms with Crippen LogP contribution in [0, 0.1) is 31.3 Å². The van der Waals surface area contributed by atoms with Gasteiger partial charge in [0.05, 0.1) is 17.5 Å². The van der Waals surface area contributed by atoms with E-state index in [1.807, 2.05) is 0 Å². The maximum atomic E-state index is 14.8. The molecule has 0 N–H and O–H groups in total. The Morgan fingerprint density at radius 2 is 1.75 bits per heavy atom. The molecule has 3 heterocycles. The number of halogens is 3. The molecule has 32 heavy (non-hydrogen) atoms. The van der Waals surface area contributed by atoms with Gasteiger partial charge in [0.2, 0.25) is 5.89 Å². The van der Waals surface area contributed by atoms with Crippen LogP contribution in [-0.4, -0.2) is 19.5 Å². The van der Waals surface area contributed by atoms with Crippen molar-refractivity contribution in [3.63, 3.8) is 0 Å². The van der Waals surface area contributed by atoms with Gasteiger partial charge in [-0.3, -0.25) is 0 Å². The zero-order chi connectivity index (χ0) is 22.6. The molecular weight excluding hydrogens is 421 g/mol. The third-order valence-corrected chi connectivity index (χ3v) is 5.34. The van der Waals surface area contributed by atoms with E-state index in [1.54, 1.807) is 13.0 Å². The lowest BCUT2D eigenvalue weighted by Gasteiger charge is -2.07. The monoisotopic (exact) mass is 438 g/mol. The predicted molar refractivity (Wildman–Crippen MR) is 110 cm³/mol. The number of rotatable bonds is 4. The molecule has 0 spiro atoms. The van der Waals surface area contributed by atoms with Crippen molar-refractivity contribution in [2.24, 2.45) is 0 Å². The van der Waals surface area contributed by atoms with E-state index in [9.17, 15) is 18.0 Å². The number of nitrogens with zero attached hydrogens (tertiary/aromatic N) is 4. The maximum absolute atomic E-state index is 14.8. The normalized spacial score (nSPS) is 13.5. The Labute approximate surface area is 180 Å². The van der Waals surface area contributed by atoms with Crippen LogP contribution in [0.5, 0.6) is 0 Å². The molecule has 0 unspecified atom stereocenters. The topological polar surface area (TPSA) is 73.8 Å². The largest absolute Gasteiger partial charge is 0.432 e. The zero-order valence-electron chi connectivity index (χ0n) is 17.2. The molecule has 9 heteroatoms. The van der Waals surface area contributed by atoms with Crippen molar-refractivity contribution >= 4 is 0 Å². The number of aromatic nitrogens is 4. The van der Waals surface area contributed by atoms with E-state index in [0.29, 0.717) is 11.3 Å². The molecule has 0 amide bonds. The van der Waals surface area contributed by atoms with Crippen molar-refractivity contribution in [3.05, 3.63) is 81.4 Å². The molecule has 0 atom stereocenters. The van der Waals surface area contributed by atoms with E-state index in [2.05, 4.69) is 15.0 Å². The molecule has 1 aromatic carbocycles. The van der Waals surface area contributed by atoms with Crippen LogP contribution in [0.4, 0.5) is 13.2 Å². The predicted octanol–water partition coefficient (Wildman–Crippen LogP) is 4.86. The SMILES string of the molecule is Cc1cc(F)c(-c2oc(-c3cc(C)c(F)cn3)nc2-n2ccc(C3CC3)nc2=O)c(F)c1. The van der Waals surface area contributed by atoms with Crippen LogP contribution in [0.25, 0.3) is 28.7 Å². The molecule has 1 saturated carbocycles. The molecule has 1 fully saturated rings.